The Bertz CT molecular complexity index is 977. The maximum absolute atomic E-state index is 6.01. The van der Waals surface area contributed by atoms with Gasteiger partial charge in [0.1, 0.15) is 5.15 Å². The zero-order valence-electron chi connectivity index (χ0n) is 11.9. The van der Waals surface area contributed by atoms with Crippen LogP contribution in [-0.2, 0) is 0 Å². The summed E-state index contributed by atoms with van der Waals surface area (Å²) in [4.78, 5) is 8.76. The van der Waals surface area contributed by atoms with Crippen molar-refractivity contribution in [1.82, 2.24) is 19.6 Å². The summed E-state index contributed by atoms with van der Waals surface area (Å²) in [6, 6.07) is 14.0. The molecule has 108 valence electrons. The lowest BCUT2D eigenvalue weighted by molar-refractivity contribution is 0.791. The van der Waals surface area contributed by atoms with Crippen molar-refractivity contribution in [1.29, 1.82) is 0 Å². The van der Waals surface area contributed by atoms with Crippen LogP contribution in [0.1, 0.15) is 24.1 Å². The quantitative estimate of drug-likeness (QED) is 0.560. The molecule has 3 aromatic heterocycles. The number of halogens is 1. The van der Waals surface area contributed by atoms with E-state index in [2.05, 4.69) is 40.2 Å². The Hall–Kier alpha value is -2.46. The zero-order valence-corrected chi connectivity index (χ0v) is 12.7. The van der Waals surface area contributed by atoms with Gasteiger partial charge in [-0.15, -0.1) is 0 Å². The van der Waals surface area contributed by atoms with E-state index in [1.165, 1.54) is 5.56 Å². The minimum absolute atomic E-state index is 0.158. The van der Waals surface area contributed by atoms with Gasteiger partial charge in [-0.1, -0.05) is 30.7 Å². The number of pyridine rings is 1. The SMILES string of the molecule is C[C@@H](c1ccc2ncccc2c1)c1cnc2ccc(Cl)nn12. The van der Waals surface area contributed by atoms with Gasteiger partial charge in [0.2, 0.25) is 0 Å². The molecule has 4 rings (SSSR count). The van der Waals surface area contributed by atoms with Gasteiger partial charge in [-0.2, -0.15) is 5.10 Å². The van der Waals surface area contributed by atoms with E-state index in [4.69, 9.17) is 11.6 Å². The lowest BCUT2D eigenvalue weighted by Gasteiger charge is -2.12. The molecule has 1 atom stereocenters. The molecule has 0 unspecified atom stereocenters. The van der Waals surface area contributed by atoms with Crippen LogP contribution in [0.2, 0.25) is 5.15 Å². The Morgan fingerprint density at radius 1 is 1.09 bits per heavy atom. The molecule has 0 fully saturated rings. The first-order valence-corrected chi connectivity index (χ1v) is 7.45. The summed E-state index contributed by atoms with van der Waals surface area (Å²) in [5.74, 6) is 0.158. The molecule has 3 heterocycles. The van der Waals surface area contributed by atoms with Gasteiger partial charge < -0.3 is 0 Å². The highest BCUT2D eigenvalue weighted by molar-refractivity contribution is 6.29. The van der Waals surface area contributed by atoms with Gasteiger partial charge >= 0.3 is 0 Å². The van der Waals surface area contributed by atoms with Gasteiger partial charge in [0.05, 0.1) is 17.4 Å². The molecule has 0 saturated carbocycles. The molecule has 0 aliphatic carbocycles. The van der Waals surface area contributed by atoms with Gasteiger partial charge in [-0.25, -0.2) is 9.50 Å². The van der Waals surface area contributed by atoms with E-state index in [0.717, 1.165) is 22.2 Å². The first-order chi connectivity index (χ1) is 10.7. The molecular formula is C17H13ClN4. The van der Waals surface area contributed by atoms with Crippen molar-refractivity contribution in [3.05, 3.63) is 71.3 Å². The van der Waals surface area contributed by atoms with Crippen molar-refractivity contribution < 1.29 is 0 Å². The number of rotatable bonds is 2. The Morgan fingerprint density at radius 2 is 2.00 bits per heavy atom. The lowest BCUT2D eigenvalue weighted by Crippen LogP contribution is -2.03. The van der Waals surface area contributed by atoms with Gasteiger partial charge in [-0.05, 0) is 35.9 Å². The van der Waals surface area contributed by atoms with Crippen LogP contribution in [0.3, 0.4) is 0 Å². The van der Waals surface area contributed by atoms with Crippen molar-refractivity contribution >= 4 is 28.2 Å². The second-order valence-electron chi connectivity index (χ2n) is 5.29. The van der Waals surface area contributed by atoms with Gasteiger partial charge in [0.15, 0.2) is 5.65 Å². The van der Waals surface area contributed by atoms with Crippen molar-refractivity contribution in [3.8, 4) is 0 Å². The topological polar surface area (TPSA) is 43.1 Å². The Morgan fingerprint density at radius 3 is 2.91 bits per heavy atom. The molecule has 22 heavy (non-hydrogen) atoms. The van der Waals surface area contributed by atoms with E-state index >= 15 is 0 Å². The highest BCUT2D eigenvalue weighted by atomic mass is 35.5. The van der Waals surface area contributed by atoms with Crippen LogP contribution < -0.4 is 0 Å². The third kappa shape index (κ3) is 2.12. The summed E-state index contributed by atoms with van der Waals surface area (Å²) in [7, 11) is 0. The molecule has 0 bridgehead atoms. The van der Waals surface area contributed by atoms with Crippen molar-refractivity contribution in [2.75, 3.05) is 0 Å². The van der Waals surface area contributed by atoms with Crippen LogP contribution >= 0.6 is 11.6 Å². The third-order valence-electron chi connectivity index (χ3n) is 3.93. The van der Waals surface area contributed by atoms with Gasteiger partial charge in [0, 0.05) is 17.5 Å². The maximum Gasteiger partial charge on any atom is 0.153 e. The van der Waals surface area contributed by atoms with E-state index < -0.39 is 0 Å². The average Bonchev–Trinajstić information content (AvgIpc) is 2.96. The number of hydrogen-bond acceptors (Lipinski definition) is 3. The summed E-state index contributed by atoms with van der Waals surface area (Å²) in [6.45, 7) is 2.14. The summed E-state index contributed by atoms with van der Waals surface area (Å²) < 4.78 is 1.81. The van der Waals surface area contributed by atoms with Crippen LogP contribution in [0.4, 0.5) is 0 Å². The molecule has 4 aromatic rings. The fourth-order valence-electron chi connectivity index (χ4n) is 2.70. The van der Waals surface area contributed by atoms with E-state index in [1.54, 1.807) is 10.6 Å². The highest BCUT2D eigenvalue weighted by Gasteiger charge is 2.15. The number of benzene rings is 1. The predicted molar refractivity (Wildman–Crippen MR) is 87.3 cm³/mol. The maximum atomic E-state index is 6.01. The lowest BCUT2D eigenvalue weighted by atomic mass is 9.97. The summed E-state index contributed by atoms with van der Waals surface area (Å²) in [5.41, 5.74) is 4.01. The molecule has 0 aliphatic heterocycles. The monoisotopic (exact) mass is 308 g/mol. The second-order valence-corrected chi connectivity index (χ2v) is 5.67. The van der Waals surface area contributed by atoms with Crippen LogP contribution in [0, 0.1) is 0 Å². The van der Waals surface area contributed by atoms with Crippen LogP contribution in [0.15, 0.2) is 54.9 Å². The van der Waals surface area contributed by atoms with Crippen LogP contribution in [-0.4, -0.2) is 19.6 Å². The standard InChI is InChI=1S/C17H13ClN4/c1-11(12-4-5-14-13(9-12)3-2-8-19-14)15-10-20-17-7-6-16(18)21-22(15)17/h2-11H,1H3/t11-/m0/s1. The predicted octanol–water partition coefficient (Wildman–Crippen LogP) is 4.08. The summed E-state index contributed by atoms with van der Waals surface area (Å²) in [6.07, 6.45) is 3.67. The average molecular weight is 309 g/mol. The summed E-state index contributed by atoms with van der Waals surface area (Å²) in [5, 5.41) is 5.94. The molecule has 1 aromatic carbocycles. The van der Waals surface area contributed by atoms with E-state index in [0.29, 0.717) is 5.15 Å². The molecule has 0 amide bonds. The van der Waals surface area contributed by atoms with Crippen molar-refractivity contribution in [3.63, 3.8) is 0 Å². The molecule has 5 heteroatoms. The molecular weight excluding hydrogens is 296 g/mol. The third-order valence-corrected chi connectivity index (χ3v) is 4.13. The second kappa shape index (κ2) is 5.07. The number of imidazole rings is 1. The molecule has 0 N–H and O–H groups in total. The Kier molecular flexibility index (Phi) is 3.05. The minimum Gasteiger partial charge on any atom is -0.256 e. The molecule has 0 spiro atoms. The minimum atomic E-state index is 0.158. The van der Waals surface area contributed by atoms with Gasteiger partial charge in [-0.3, -0.25) is 4.98 Å². The number of aromatic nitrogens is 4. The molecule has 0 aliphatic rings. The van der Waals surface area contributed by atoms with Crippen molar-refractivity contribution in [2.24, 2.45) is 0 Å². The van der Waals surface area contributed by atoms with Crippen LogP contribution in [0.5, 0.6) is 0 Å². The number of nitrogens with zero attached hydrogens (tertiary/aromatic N) is 4. The normalized spacial score (nSPS) is 12.8. The van der Waals surface area contributed by atoms with E-state index in [-0.39, 0.29) is 5.92 Å². The first-order valence-electron chi connectivity index (χ1n) is 7.07. The van der Waals surface area contributed by atoms with Gasteiger partial charge in [0.25, 0.3) is 0 Å². The Labute approximate surface area is 132 Å². The number of hydrogen-bond donors (Lipinski definition) is 0. The fourth-order valence-corrected chi connectivity index (χ4v) is 2.84. The van der Waals surface area contributed by atoms with Crippen LogP contribution in [0.25, 0.3) is 16.6 Å². The molecule has 0 radical (unpaired) electrons. The highest BCUT2D eigenvalue weighted by Crippen LogP contribution is 2.27. The number of fused-ring (bicyclic) bond motifs is 2. The largest absolute Gasteiger partial charge is 0.256 e. The molecule has 0 saturated heterocycles. The zero-order chi connectivity index (χ0) is 15.1. The summed E-state index contributed by atoms with van der Waals surface area (Å²) >= 11 is 6.01. The van der Waals surface area contributed by atoms with E-state index in [1.807, 2.05) is 30.6 Å². The fraction of sp³-hybridized carbons (Fsp3) is 0.118. The van der Waals surface area contributed by atoms with Crippen molar-refractivity contribution in [2.45, 2.75) is 12.8 Å². The Balaban J connectivity index is 1.84. The van der Waals surface area contributed by atoms with E-state index in [9.17, 15) is 0 Å². The first kappa shape index (κ1) is 13.2. The smallest absolute Gasteiger partial charge is 0.153 e. The molecule has 4 nitrogen and oxygen atoms in total.